The molecule has 0 atom stereocenters. The summed E-state index contributed by atoms with van der Waals surface area (Å²) in [5.74, 6) is -0.510. The Morgan fingerprint density at radius 2 is 1.73 bits per heavy atom. The van der Waals surface area contributed by atoms with E-state index in [9.17, 15) is 9.59 Å². The van der Waals surface area contributed by atoms with Crippen LogP contribution < -0.4 is 10.7 Å². The van der Waals surface area contributed by atoms with Crippen LogP contribution in [0, 0.1) is 13.8 Å². The lowest BCUT2D eigenvalue weighted by Gasteiger charge is -2.10. The van der Waals surface area contributed by atoms with Crippen molar-refractivity contribution in [2.75, 3.05) is 5.32 Å². The molecule has 1 heterocycles. The Bertz CT molecular complexity index is 908. The van der Waals surface area contributed by atoms with E-state index in [1.165, 1.54) is 0 Å². The highest BCUT2D eigenvalue weighted by Crippen LogP contribution is 2.19. The third-order valence-corrected chi connectivity index (χ3v) is 3.61. The first-order valence-corrected chi connectivity index (χ1v) is 6.93. The van der Waals surface area contributed by atoms with Crippen LogP contribution in [-0.2, 0) is 0 Å². The maximum absolute atomic E-state index is 12.4. The quantitative estimate of drug-likeness (QED) is 0.763. The van der Waals surface area contributed by atoms with Gasteiger partial charge in [0.1, 0.15) is 0 Å². The highest BCUT2D eigenvalue weighted by molar-refractivity contribution is 6.04. The third kappa shape index (κ3) is 2.37. The number of fused-ring (bicyclic) bond motifs is 1. The van der Waals surface area contributed by atoms with Crippen molar-refractivity contribution in [3.63, 3.8) is 0 Å². The molecule has 2 aromatic carbocycles. The van der Waals surface area contributed by atoms with Crippen LogP contribution in [0.2, 0.25) is 0 Å². The number of carbonyl (C=O) groups is 1. The van der Waals surface area contributed by atoms with Crippen LogP contribution in [0.15, 0.2) is 47.3 Å². The molecule has 110 valence electrons. The lowest BCUT2D eigenvalue weighted by atomic mass is 10.1. The second-order valence-corrected chi connectivity index (χ2v) is 5.17. The fourth-order valence-electron chi connectivity index (χ4n) is 2.41. The molecule has 0 spiro atoms. The van der Waals surface area contributed by atoms with Crippen LogP contribution in [0.25, 0.3) is 10.9 Å². The van der Waals surface area contributed by atoms with Gasteiger partial charge in [-0.2, -0.15) is 5.10 Å². The number of hydrogen-bond acceptors (Lipinski definition) is 3. The van der Waals surface area contributed by atoms with Crippen molar-refractivity contribution in [3.05, 3.63) is 69.5 Å². The van der Waals surface area contributed by atoms with Crippen molar-refractivity contribution in [2.45, 2.75) is 13.8 Å². The molecule has 2 N–H and O–H groups in total. The zero-order chi connectivity index (χ0) is 15.7. The Kier molecular flexibility index (Phi) is 3.47. The molecule has 0 aliphatic carbocycles. The van der Waals surface area contributed by atoms with Gasteiger partial charge in [0.05, 0.1) is 5.52 Å². The van der Waals surface area contributed by atoms with E-state index in [0.717, 1.165) is 11.1 Å². The lowest BCUT2D eigenvalue weighted by molar-refractivity contribution is 0.102. The number of aromatic nitrogens is 2. The minimum Gasteiger partial charge on any atom is -0.320 e. The van der Waals surface area contributed by atoms with E-state index in [2.05, 4.69) is 15.5 Å². The summed E-state index contributed by atoms with van der Waals surface area (Å²) in [6.07, 6.45) is 0. The number of H-pyrrole nitrogens is 1. The van der Waals surface area contributed by atoms with E-state index in [0.29, 0.717) is 16.6 Å². The van der Waals surface area contributed by atoms with Crippen molar-refractivity contribution >= 4 is 22.5 Å². The van der Waals surface area contributed by atoms with Crippen LogP contribution in [-0.4, -0.2) is 16.1 Å². The molecule has 1 amide bonds. The number of rotatable bonds is 2. The average Bonchev–Trinajstić information content (AvgIpc) is 2.51. The Hall–Kier alpha value is -2.95. The number of carbonyl (C=O) groups excluding carboxylic acids is 1. The molecule has 0 saturated carbocycles. The molecular weight excluding hydrogens is 278 g/mol. The number of aryl methyl sites for hydroxylation is 2. The van der Waals surface area contributed by atoms with Crippen LogP contribution in [0.1, 0.15) is 21.6 Å². The van der Waals surface area contributed by atoms with E-state index in [1.807, 2.05) is 32.0 Å². The largest absolute Gasteiger partial charge is 0.320 e. The number of amides is 1. The molecule has 0 fully saturated rings. The summed E-state index contributed by atoms with van der Waals surface area (Å²) in [6.45, 7) is 3.81. The Balaban J connectivity index is 2.03. The summed E-state index contributed by atoms with van der Waals surface area (Å²) >= 11 is 0. The smallest absolute Gasteiger partial charge is 0.280 e. The molecule has 5 nitrogen and oxygen atoms in total. The summed E-state index contributed by atoms with van der Waals surface area (Å²) in [7, 11) is 0. The second kappa shape index (κ2) is 5.44. The highest BCUT2D eigenvalue weighted by atomic mass is 16.2. The van der Waals surface area contributed by atoms with E-state index in [4.69, 9.17) is 0 Å². The van der Waals surface area contributed by atoms with Gasteiger partial charge in [0.25, 0.3) is 5.91 Å². The molecule has 0 saturated heterocycles. The number of hydrogen-bond donors (Lipinski definition) is 2. The predicted octanol–water partition coefficient (Wildman–Crippen LogP) is 2.79. The third-order valence-electron chi connectivity index (χ3n) is 3.61. The lowest BCUT2D eigenvalue weighted by Crippen LogP contribution is -2.25. The Morgan fingerprint density at radius 3 is 2.45 bits per heavy atom. The molecule has 0 aliphatic rings. The summed E-state index contributed by atoms with van der Waals surface area (Å²) < 4.78 is 0. The fraction of sp³-hybridized carbons (Fsp3) is 0.118. The first-order valence-electron chi connectivity index (χ1n) is 6.93. The maximum atomic E-state index is 12.4. The van der Waals surface area contributed by atoms with Crippen LogP contribution in [0.4, 0.5) is 5.69 Å². The van der Waals surface area contributed by atoms with Gasteiger partial charge in [-0.05, 0) is 37.1 Å². The molecule has 0 unspecified atom stereocenters. The molecule has 22 heavy (non-hydrogen) atoms. The molecule has 0 aliphatic heterocycles. The first kappa shape index (κ1) is 14.0. The molecule has 3 aromatic rings. The minimum absolute atomic E-state index is 0.138. The zero-order valence-electron chi connectivity index (χ0n) is 12.3. The van der Waals surface area contributed by atoms with E-state index in [1.54, 1.807) is 24.3 Å². The van der Waals surface area contributed by atoms with Gasteiger partial charge in [0.2, 0.25) is 5.43 Å². The molecule has 5 heteroatoms. The summed E-state index contributed by atoms with van der Waals surface area (Å²) in [5.41, 5.74) is 2.67. The van der Waals surface area contributed by atoms with Crippen LogP contribution >= 0.6 is 0 Å². The van der Waals surface area contributed by atoms with Crippen LogP contribution in [0.5, 0.6) is 0 Å². The van der Waals surface area contributed by atoms with Crippen LogP contribution in [0.3, 0.4) is 0 Å². The predicted molar refractivity (Wildman–Crippen MR) is 86.2 cm³/mol. The van der Waals surface area contributed by atoms with Crippen molar-refractivity contribution in [1.29, 1.82) is 0 Å². The van der Waals surface area contributed by atoms with Gasteiger partial charge < -0.3 is 5.32 Å². The molecular formula is C17H15N3O2. The van der Waals surface area contributed by atoms with Gasteiger partial charge in [-0.3, -0.25) is 14.7 Å². The van der Waals surface area contributed by atoms with Gasteiger partial charge >= 0.3 is 0 Å². The number of nitrogens with one attached hydrogen (secondary N) is 2. The Morgan fingerprint density at radius 1 is 1.05 bits per heavy atom. The van der Waals surface area contributed by atoms with Crippen molar-refractivity contribution in [2.24, 2.45) is 0 Å². The maximum Gasteiger partial charge on any atom is 0.280 e. The van der Waals surface area contributed by atoms with E-state index >= 15 is 0 Å². The second-order valence-electron chi connectivity index (χ2n) is 5.17. The first-order chi connectivity index (χ1) is 10.6. The standard InChI is InChI=1S/C17H15N3O2/c1-10-6-5-7-11(2)14(10)18-17(22)15-16(21)12-8-3-4-9-13(12)19-20-15/h3-9H,1-2H3,(H,18,22)(H,19,21). The van der Waals surface area contributed by atoms with Crippen molar-refractivity contribution in [1.82, 2.24) is 10.2 Å². The fourth-order valence-corrected chi connectivity index (χ4v) is 2.41. The summed E-state index contributed by atoms with van der Waals surface area (Å²) in [5, 5.41) is 9.88. The number of para-hydroxylation sites is 2. The van der Waals surface area contributed by atoms with Gasteiger partial charge in [0, 0.05) is 11.1 Å². The van der Waals surface area contributed by atoms with Crippen molar-refractivity contribution < 1.29 is 4.79 Å². The normalized spacial score (nSPS) is 10.6. The molecule has 0 bridgehead atoms. The van der Waals surface area contributed by atoms with Crippen molar-refractivity contribution in [3.8, 4) is 0 Å². The highest BCUT2D eigenvalue weighted by Gasteiger charge is 2.16. The van der Waals surface area contributed by atoms with E-state index in [-0.39, 0.29) is 11.1 Å². The molecule has 3 rings (SSSR count). The monoisotopic (exact) mass is 293 g/mol. The molecule has 0 radical (unpaired) electrons. The van der Waals surface area contributed by atoms with Gasteiger partial charge in [-0.1, -0.05) is 30.3 Å². The number of nitrogens with zero attached hydrogens (tertiary/aromatic N) is 1. The average molecular weight is 293 g/mol. The Labute approximate surface area is 127 Å². The van der Waals surface area contributed by atoms with E-state index < -0.39 is 5.91 Å². The minimum atomic E-state index is -0.510. The van der Waals surface area contributed by atoms with Gasteiger partial charge in [-0.15, -0.1) is 0 Å². The SMILES string of the molecule is Cc1cccc(C)c1NC(=O)c1n[nH]c2ccccc2c1=O. The number of anilines is 1. The van der Waals surface area contributed by atoms with Gasteiger partial charge in [0.15, 0.2) is 5.69 Å². The summed E-state index contributed by atoms with van der Waals surface area (Å²) in [6, 6.07) is 12.7. The van der Waals surface area contributed by atoms with Gasteiger partial charge in [-0.25, -0.2) is 0 Å². The zero-order valence-corrected chi connectivity index (χ0v) is 12.3. The summed E-state index contributed by atoms with van der Waals surface area (Å²) in [4.78, 5) is 24.8. The molecule has 1 aromatic heterocycles. The topological polar surface area (TPSA) is 74.8 Å². The number of benzene rings is 2. The number of aromatic amines is 1.